The van der Waals surface area contributed by atoms with Crippen molar-refractivity contribution in [2.75, 3.05) is 6.61 Å². The Hall–Kier alpha value is -3.30. The molecule has 0 spiro atoms. The Kier molecular flexibility index (Phi) is 5.70. The van der Waals surface area contributed by atoms with Gasteiger partial charge in [-0.1, -0.05) is 6.07 Å². The molecule has 32 heavy (non-hydrogen) atoms. The first-order chi connectivity index (χ1) is 15.2. The monoisotopic (exact) mass is 443 g/mol. The summed E-state index contributed by atoms with van der Waals surface area (Å²) in [6.45, 7) is 1.60. The van der Waals surface area contributed by atoms with Gasteiger partial charge in [0.05, 0.1) is 17.7 Å². The summed E-state index contributed by atoms with van der Waals surface area (Å²) in [5.74, 6) is -6.58. The van der Waals surface area contributed by atoms with Crippen molar-refractivity contribution in [3.05, 3.63) is 70.9 Å². The van der Waals surface area contributed by atoms with Gasteiger partial charge in [0.15, 0.2) is 11.6 Å². The molecule has 1 unspecified atom stereocenters. The van der Waals surface area contributed by atoms with Crippen molar-refractivity contribution in [3.8, 4) is 22.4 Å². The van der Waals surface area contributed by atoms with Gasteiger partial charge in [-0.05, 0) is 43.5 Å². The van der Waals surface area contributed by atoms with E-state index in [-0.39, 0.29) is 29.7 Å². The second-order valence-electron chi connectivity index (χ2n) is 7.67. The van der Waals surface area contributed by atoms with Crippen molar-refractivity contribution < 1.29 is 27.8 Å². The number of aryl methyl sites for hydroxylation is 1. The third-order valence-electron chi connectivity index (χ3n) is 5.39. The number of aliphatic hydroxyl groups is 1. The molecule has 3 N–H and O–H groups in total. The van der Waals surface area contributed by atoms with Crippen LogP contribution in [0.2, 0.25) is 0 Å². The Morgan fingerprint density at radius 3 is 2.47 bits per heavy atom. The fourth-order valence-corrected chi connectivity index (χ4v) is 3.97. The van der Waals surface area contributed by atoms with Crippen LogP contribution in [0.4, 0.5) is 13.2 Å². The summed E-state index contributed by atoms with van der Waals surface area (Å²) in [6.07, 6.45) is 3.93. The number of hydrogen-bond acceptors (Lipinski definition) is 5. The first-order valence-corrected chi connectivity index (χ1v) is 9.99. The number of hydrogen-bond donors (Lipinski definition) is 2. The summed E-state index contributed by atoms with van der Waals surface area (Å²) in [7, 11) is 0. The fourth-order valence-electron chi connectivity index (χ4n) is 3.97. The molecule has 0 bridgehead atoms. The predicted molar refractivity (Wildman–Crippen MR) is 110 cm³/mol. The topological polar surface area (TPSA) is 98.3 Å². The molecule has 1 saturated heterocycles. The molecule has 1 atom stereocenters. The second kappa shape index (κ2) is 8.33. The standard InChI is InChI=1S/C23H20F3N3O3/c1-12-9-14(24)17(15(25)10-12)20-19(26)18(23(31)6-2-3-8-32-23)16(21(29-20)22(27)30)13-5-4-7-28-11-13/h4-5,7,9-11,31H,2-3,6,8H2,1H3,(H2,27,30). The molecule has 1 aliphatic heterocycles. The number of primary amides is 1. The third-order valence-corrected chi connectivity index (χ3v) is 5.39. The average Bonchev–Trinajstić information content (AvgIpc) is 2.74. The van der Waals surface area contributed by atoms with Crippen LogP contribution in [-0.4, -0.2) is 27.6 Å². The Balaban J connectivity index is 2.13. The minimum Gasteiger partial charge on any atom is -0.364 e. The van der Waals surface area contributed by atoms with Gasteiger partial charge in [0.1, 0.15) is 23.0 Å². The van der Waals surface area contributed by atoms with E-state index in [1.807, 2.05) is 0 Å². The molecule has 4 rings (SSSR count). The lowest BCUT2D eigenvalue weighted by Crippen LogP contribution is -2.36. The van der Waals surface area contributed by atoms with Gasteiger partial charge in [0, 0.05) is 29.9 Å². The maximum absolute atomic E-state index is 16.0. The summed E-state index contributed by atoms with van der Waals surface area (Å²) in [5.41, 5.74) is 3.45. The van der Waals surface area contributed by atoms with Crippen LogP contribution in [-0.2, 0) is 10.5 Å². The summed E-state index contributed by atoms with van der Waals surface area (Å²) in [4.78, 5) is 20.3. The van der Waals surface area contributed by atoms with Crippen LogP contribution in [0.15, 0.2) is 36.7 Å². The van der Waals surface area contributed by atoms with Gasteiger partial charge in [0.2, 0.25) is 0 Å². The van der Waals surface area contributed by atoms with Crippen LogP contribution in [0.1, 0.15) is 40.9 Å². The number of pyridine rings is 2. The van der Waals surface area contributed by atoms with Gasteiger partial charge in [0.25, 0.3) is 5.91 Å². The molecular weight excluding hydrogens is 423 g/mol. The molecule has 3 aromatic rings. The molecule has 0 saturated carbocycles. The van der Waals surface area contributed by atoms with Gasteiger partial charge >= 0.3 is 0 Å². The van der Waals surface area contributed by atoms with Crippen molar-refractivity contribution in [3.63, 3.8) is 0 Å². The molecule has 1 aromatic carbocycles. The fraction of sp³-hybridized carbons (Fsp3) is 0.261. The first kappa shape index (κ1) is 21.9. The Bertz CT molecular complexity index is 1170. The van der Waals surface area contributed by atoms with Crippen molar-refractivity contribution in [1.82, 2.24) is 9.97 Å². The maximum atomic E-state index is 16.0. The van der Waals surface area contributed by atoms with Crippen LogP contribution in [0, 0.1) is 24.4 Å². The smallest absolute Gasteiger partial charge is 0.267 e. The van der Waals surface area contributed by atoms with Crippen LogP contribution >= 0.6 is 0 Å². The number of rotatable bonds is 4. The zero-order valence-corrected chi connectivity index (χ0v) is 17.2. The van der Waals surface area contributed by atoms with Gasteiger partial charge < -0.3 is 15.6 Å². The number of ether oxygens (including phenoxy) is 1. The van der Waals surface area contributed by atoms with Crippen molar-refractivity contribution in [2.24, 2.45) is 5.73 Å². The molecule has 166 valence electrons. The number of halogens is 3. The van der Waals surface area contributed by atoms with Crippen LogP contribution in [0.3, 0.4) is 0 Å². The zero-order chi connectivity index (χ0) is 23.0. The van der Waals surface area contributed by atoms with Crippen LogP contribution in [0.25, 0.3) is 22.4 Å². The average molecular weight is 443 g/mol. The van der Waals surface area contributed by atoms with E-state index in [4.69, 9.17) is 10.5 Å². The molecule has 0 radical (unpaired) electrons. The highest BCUT2D eigenvalue weighted by Gasteiger charge is 2.41. The van der Waals surface area contributed by atoms with E-state index >= 15 is 4.39 Å². The number of nitrogens with zero attached hydrogens (tertiary/aromatic N) is 2. The molecule has 1 aliphatic rings. The Morgan fingerprint density at radius 1 is 1.19 bits per heavy atom. The van der Waals surface area contributed by atoms with Crippen molar-refractivity contribution in [2.45, 2.75) is 32.0 Å². The van der Waals surface area contributed by atoms with Crippen molar-refractivity contribution in [1.29, 1.82) is 0 Å². The van der Waals surface area contributed by atoms with Gasteiger partial charge in [-0.3, -0.25) is 9.78 Å². The maximum Gasteiger partial charge on any atom is 0.267 e. The lowest BCUT2D eigenvalue weighted by molar-refractivity contribution is -0.234. The second-order valence-corrected chi connectivity index (χ2v) is 7.67. The number of nitrogens with two attached hydrogens (primary N) is 1. The van der Waals surface area contributed by atoms with Crippen LogP contribution in [0.5, 0.6) is 0 Å². The highest BCUT2D eigenvalue weighted by atomic mass is 19.1. The van der Waals surface area contributed by atoms with Crippen molar-refractivity contribution >= 4 is 5.91 Å². The number of carbonyl (C=O) groups is 1. The van der Waals surface area contributed by atoms with E-state index < -0.39 is 51.7 Å². The van der Waals surface area contributed by atoms with E-state index in [9.17, 15) is 18.7 Å². The highest BCUT2D eigenvalue weighted by Crippen LogP contribution is 2.44. The first-order valence-electron chi connectivity index (χ1n) is 9.99. The SMILES string of the molecule is Cc1cc(F)c(-c2nc(C(N)=O)c(-c3cccnc3)c(C3(O)CCCCO3)c2F)c(F)c1. The minimum absolute atomic E-state index is 0.00228. The lowest BCUT2D eigenvalue weighted by atomic mass is 9.87. The number of aromatic nitrogens is 2. The molecule has 0 aliphatic carbocycles. The minimum atomic E-state index is -2.16. The molecule has 1 fully saturated rings. The lowest BCUT2D eigenvalue weighted by Gasteiger charge is -2.35. The Labute approximate surface area is 181 Å². The van der Waals surface area contributed by atoms with E-state index in [0.29, 0.717) is 12.8 Å². The zero-order valence-electron chi connectivity index (χ0n) is 17.2. The quantitative estimate of drug-likeness (QED) is 0.636. The molecule has 6 nitrogen and oxygen atoms in total. The van der Waals surface area contributed by atoms with E-state index in [0.717, 1.165) is 12.1 Å². The van der Waals surface area contributed by atoms with Gasteiger partial charge in [-0.15, -0.1) is 0 Å². The summed E-state index contributed by atoms with van der Waals surface area (Å²) in [6, 6.07) is 5.10. The molecule has 1 amide bonds. The van der Waals surface area contributed by atoms with Crippen LogP contribution < -0.4 is 5.73 Å². The van der Waals surface area contributed by atoms with E-state index in [1.165, 1.54) is 25.4 Å². The van der Waals surface area contributed by atoms with Gasteiger partial charge in [-0.2, -0.15) is 0 Å². The molecule has 3 heterocycles. The summed E-state index contributed by atoms with van der Waals surface area (Å²) in [5, 5.41) is 11.3. The van der Waals surface area contributed by atoms with Gasteiger partial charge in [-0.25, -0.2) is 18.2 Å². The number of amides is 1. The molecular formula is C23H20F3N3O3. The van der Waals surface area contributed by atoms with E-state index in [1.54, 1.807) is 6.07 Å². The number of benzene rings is 1. The highest BCUT2D eigenvalue weighted by molar-refractivity contribution is 5.99. The van der Waals surface area contributed by atoms with E-state index in [2.05, 4.69) is 9.97 Å². The normalized spacial score (nSPS) is 18.5. The third kappa shape index (κ3) is 3.74. The summed E-state index contributed by atoms with van der Waals surface area (Å²) < 4.78 is 51.0. The molecule has 9 heteroatoms. The largest absolute Gasteiger partial charge is 0.364 e. The summed E-state index contributed by atoms with van der Waals surface area (Å²) >= 11 is 0. The predicted octanol–water partition coefficient (Wildman–Crippen LogP) is 3.98. The molecule has 2 aromatic heterocycles. The Morgan fingerprint density at radius 2 is 1.91 bits per heavy atom. The number of carbonyl (C=O) groups excluding carboxylic acids is 1.